The average Bonchev–Trinajstić information content (AvgIpc) is 2.81. The predicted molar refractivity (Wildman–Crippen MR) is 67.3 cm³/mol. The fraction of sp³-hybridized carbons (Fsp3) is 0.917. The number of likely N-dealkylation sites (tertiary alicyclic amines) is 1. The first kappa shape index (κ1) is 15.4. The molecule has 6 heteroatoms. The van der Waals surface area contributed by atoms with Gasteiger partial charge in [0.1, 0.15) is 12.2 Å². The van der Waals surface area contributed by atoms with Crippen molar-refractivity contribution in [2.24, 2.45) is 5.73 Å². The Morgan fingerprint density at radius 2 is 1.83 bits per heavy atom. The van der Waals surface area contributed by atoms with Crippen LogP contribution in [0.5, 0.6) is 0 Å². The molecule has 0 bridgehead atoms. The molecule has 6 nitrogen and oxygen atoms in total. The molecule has 1 fully saturated rings. The van der Waals surface area contributed by atoms with E-state index in [0.717, 1.165) is 6.42 Å². The van der Waals surface area contributed by atoms with Gasteiger partial charge in [-0.2, -0.15) is 0 Å². The highest BCUT2D eigenvalue weighted by molar-refractivity contribution is 5.82. The zero-order valence-electron chi connectivity index (χ0n) is 11.4. The normalized spacial score (nSPS) is 25.4. The summed E-state index contributed by atoms with van der Waals surface area (Å²) in [5.41, 5.74) is 5.88. The Morgan fingerprint density at radius 1 is 1.28 bits per heavy atom. The predicted octanol–water partition coefficient (Wildman–Crippen LogP) is -0.387. The molecule has 1 aliphatic rings. The lowest BCUT2D eigenvalue weighted by molar-refractivity contribution is -0.132. The van der Waals surface area contributed by atoms with Crippen molar-refractivity contribution in [3.05, 3.63) is 0 Å². The van der Waals surface area contributed by atoms with Gasteiger partial charge in [-0.15, -0.1) is 0 Å². The van der Waals surface area contributed by atoms with E-state index in [2.05, 4.69) is 0 Å². The number of hydrogen-bond acceptors (Lipinski definition) is 5. The highest BCUT2D eigenvalue weighted by Gasteiger charge is 2.36. The second-order valence-corrected chi connectivity index (χ2v) is 4.53. The molecule has 0 aromatic heterocycles. The maximum absolute atomic E-state index is 12.1. The van der Waals surface area contributed by atoms with Crippen LogP contribution < -0.4 is 5.73 Å². The first-order valence-corrected chi connectivity index (χ1v) is 6.23. The van der Waals surface area contributed by atoms with Crippen molar-refractivity contribution in [1.82, 2.24) is 4.90 Å². The summed E-state index contributed by atoms with van der Waals surface area (Å²) in [7, 11) is 4.90. The van der Waals surface area contributed by atoms with E-state index in [4.69, 9.17) is 19.9 Å². The molecule has 2 N–H and O–H groups in total. The Kier molecular flexibility index (Phi) is 6.56. The quantitative estimate of drug-likeness (QED) is 0.631. The minimum Gasteiger partial charge on any atom is -0.385 e. The molecule has 3 atom stereocenters. The summed E-state index contributed by atoms with van der Waals surface area (Å²) >= 11 is 0. The van der Waals surface area contributed by atoms with E-state index in [1.807, 2.05) is 0 Å². The Morgan fingerprint density at radius 3 is 2.28 bits per heavy atom. The Balaban J connectivity index is 2.42. The Hall–Kier alpha value is -0.690. The third kappa shape index (κ3) is 3.91. The second kappa shape index (κ2) is 7.68. The van der Waals surface area contributed by atoms with Gasteiger partial charge in [0.05, 0.1) is 6.04 Å². The minimum absolute atomic E-state index is 0.0345. The molecule has 0 spiro atoms. The van der Waals surface area contributed by atoms with E-state index >= 15 is 0 Å². The topological polar surface area (TPSA) is 74.0 Å². The van der Waals surface area contributed by atoms with Gasteiger partial charge in [-0.05, 0) is 12.8 Å². The maximum Gasteiger partial charge on any atom is 0.239 e. The highest BCUT2D eigenvalue weighted by atomic mass is 16.5. The summed E-state index contributed by atoms with van der Waals surface area (Å²) in [5.74, 6) is -0.0345. The van der Waals surface area contributed by atoms with Crippen LogP contribution in [0.15, 0.2) is 0 Å². The van der Waals surface area contributed by atoms with Crippen molar-refractivity contribution in [3.8, 4) is 0 Å². The van der Waals surface area contributed by atoms with Crippen molar-refractivity contribution in [1.29, 1.82) is 0 Å². The minimum atomic E-state index is -0.465. The molecule has 0 saturated carbocycles. The fourth-order valence-corrected chi connectivity index (χ4v) is 2.18. The van der Waals surface area contributed by atoms with Crippen molar-refractivity contribution < 1.29 is 19.0 Å². The lowest BCUT2D eigenvalue weighted by Crippen LogP contribution is -2.43. The summed E-state index contributed by atoms with van der Waals surface area (Å²) in [6, 6.07) is -0.465. The van der Waals surface area contributed by atoms with Crippen molar-refractivity contribution >= 4 is 5.91 Å². The number of hydrogen-bond donors (Lipinski definition) is 1. The number of carbonyl (C=O) groups excluding carboxylic acids is 1. The van der Waals surface area contributed by atoms with Crippen LogP contribution >= 0.6 is 0 Å². The lowest BCUT2D eigenvalue weighted by Gasteiger charge is -2.20. The van der Waals surface area contributed by atoms with E-state index in [1.54, 1.807) is 26.2 Å². The zero-order chi connectivity index (χ0) is 13.5. The van der Waals surface area contributed by atoms with Crippen LogP contribution in [0, 0.1) is 0 Å². The third-order valence-electron chi connectivity index (χ3n) is 3.31. The molecule has 3 unspecified atom stereocenters. The molecule has 1 amide bonds. The molecule has 0 aliphatic carbocycles. The van der Waals surface area contributed by atoms with E-state index in [1.165, 1.54) is 0 Å². The van der Waals surface area contributed by atoms with Gasteiger partial charge in [-0.25, -0.2) is 0 Å². The highest BCUT2D eigenvalue weighted by Crippen LogP contribution is 2.17. The first-order valence-electron chi connectivity index (χ1n) is 6.23. The molecule has 0 radical (unpaired) electrons. The van der Waals surface area contributed by atoms with Crippen LogP contribution in [-0.4, -0.2) is 70.1 Å². The van der Waals surface area contributed by atoms with E-state index < -0.39 is 6.04 Å². The van der Waals surface area contributed by atoms with Crippen LogP contribution in [0.1, 0.15) is 12.8 Å². The number of nitrogens with zero attached hydrogens (tertiary/aromatic N) is 1. The molecule has 1 aliphatic heterocycles. The molecule has 1 rings (SSSR count). The van der Waals surface area contributed by atoms with E-state index in [0.29, 0.717) is 26.1 Å². The van der Waals surface area contributed by atoms with Gasteiger partial charge in [0.25, 0.3) is 0 Å². The van der Waals surface area contributed by atoms with Gasteiger partial charge in [0, 0.05) is 41.0 Å². The van der Waals surface area contributed by atoms with Gasteiger partial charge >= 0.3 is 0 Å². The van der Waals surface area contributed by atoms with Crippen LogP contribution in [-0.2, 0) is 19.0 Å². The van der Waals surface area contributed by atoms with Crippen LogP contribution in [0.2, 0.25) is 0 Å². The summed E-state index contributed by atoms with van der Waals surface area (Å²) in [6.45, 7) is 1.72. The van der Waals surface area contributed by atoms with Gasteiger partial charge in [-0.1, -0.05) is 0 Å². The molecule has 1 saturated heterocycles. The number of rotatable bonds is 7. The average molecular weight is 260 g/mol. The Bertz CT molecular complexity index is 250. The molecular weight excluding hydrogens is 236 g/mol. The molecule has 1 heterocycles. The van der Waals surface area contributed by atoms with Crippen molar-refractivity contribution in [2.45, 2.75) is 31.1 Å². The molecule has 0 aromatic carbocycles. The molecular formula is C12H24N2O4. The number of amides is 1. The largest absolute Gasteiger partial charge is 0.385 e. The summed E-state index contributed by atoms with van der Waals surface area (Å²) in [4.78, 5) is 13.8. The van der Waals surface area contributed by atoms with Gasteiger partial charge in [0.2, 0.25) is 5.91 Å². The molecule has 0 aromatic rings. The van der Waals surface area contributed by atoms with E-state index in [-0.39, 0.29) is 18.1 Å². The molecule has 18 heavy (non-hydrogen) atoms. The van der Waals surface area contributed by atoms with Crippen LogP contribution in [0.25, 0.3) is 0 Å². The van der Waals surface area contributed by atoms with Crippen molar-refractivity contribution in [3.63, 3.8) is 0 Å². The SMILES string of the molecule is COCCCC(N)C(=O)N1CC(OC)C(OC)C1. The van der Waals surface area contributed by atoms with Crippen LogP contribution in [0.4, 0.5) is 0 Å². The van der Waals surface area contributed by atoms with Crippen LogP contribution in [0.3, 0.4) is 0 Å². The number of nitrogens with two attached hydrogens (primary N) is 1. The van der Waals surface area contributed by atoms with Crippen molar-refractivity contribution in [2.75, 3.05) is 41.0 Å². The van der Waals surface area contributed by atoms with E-state index in [9.17, 15) is 4.79 Å². The number of methoxy groups -OCH3 is 3. The summed E-state index contributed by atoms with van der Waals surface area (Å²) in [6.07, 6.45) is 1.30. The monoisotopic (exact) mass is 260 g/mol. The smallest absolute Gasteiger partial charge is 0.239 e. The van der Waals surface area contributed by atoms with Gasteiger partial charge in [-0.3, -0.25) is 4.79 Å². The fourth-order valence-electron chi connectivity index (χ4n) is 2.18. The van der Waals surface area contributed by atoms with Gasteiger partial charge < -0.3 is 24.8 Å². The number of carbonyl (C=O) groups is 1. The first-order chi connectivity index (χ1) is 8.63. The third-order valence-corrected chi connectivity index (χ3v) is 3.31. The number of ether oxygens (including phenoxy) is 3. The lowest BCUT2D eigenvalue weighted by atomic mass is 10.1. The summed E-state index contributed by atoms with van der Waals surface area (Å²) in [5, 5.41) is 0. The maximum atomic E-state index is 12.1. The summed E-state index contributed by atoms with van der Waals surface area (Å²) < 4.78 is 15.5. The zero-order valence-corrected chi connectivity index (χ0v) is 11.4. The standard InChI is InChI=1S/C12H24N2O4/c1-16-6-4-5-9(13)12(15)14-7-10(17-2)11(8-14)18-3/h9-11H,4-8,13H2,1-3H3. The molecule has 106 valence electrons. The second-order valence-electron chi connectivity index (χ2n) is 4.53. The van der Waals surface area contributed by atoms with Gasteiger partial charge in [0.15, 0.2) is 0 Å². The Labute approximate surface area is 108 Å².